The molecule has 1 saturated heterocycles. The number of carbonyl (C=O) groups excluding carboxylic acids is 3. The van der Waals surface area contributed by atoms with Crippen molar-refractivity contribution in [1.82, 2.24) is 0 Å². The molecule has 3 aliphatic rings. The Labute approximate surface area is 166 Å². The van der Waals surface area contributed by atoms with Crippen LogP contribution in [0.5, 0.6) is 5.75 Å². The lowest BCUT2D eigenvalue weighted by Gasteiger charge is -2.18. The number of benzene rings is 2. The van der Waals surface area contributed by atoms with Crippen LogP contribution in [-0.2, 0) is 9.59 Å². The zero-order valence-corrected chi connectivity index (χ0v) is 15.5. The molecule has 0 N–H and O–H groups in total. The van der Waals surface area contributed by atoms with Gasteiger partial charge in [0.25, 0.3) is 0 Å². The van der Waals surface area contributed by atoms with Gasteiger partial charge in [0, 0.05) is 0 Å². The average Bonchev–Trinajstić information content (AvgIpc) is 3.37. The summed E-state index contributed by atoms with van der Waals surface area (Å²) in [7, 11) is 0. The van der Waals surface area contributed by atoms with Gasteiger partial charge in [0.2, 0.25) is 11.8 Å². The van der Waals surface area contributed by atoms with Crippen LogP contribution in [0.2, 0.25) is 5.02 Å². The van der Waals surface area contributed by atoms with Crippen LogP contribution in [0.15, 0.2) is 60.7 Å². The van der Waals surface area contributed by atoms with E-state index >= 15 is 0 Å². The van der Waals surface area contributed by atoms with E-state index in [-0.39, 0.29) is 46.8 Å². The normalized spacial score (nSPS) is 27.4. The van der Waals surface area contributed by atoms with Crippen LogP contribution >= 0.6 is 11.6 Å². The van der Waals surface area contributed by atoms with E-state index in [9.17, 15) is 14.4 Å². The number of anilines is 1. The topological polar surface area (TPSA) is 63.7 Å². The van der Waals surface area contributed by atoms with Crippen molar-refractivity contribution in [3.63, 3.8) is 0 Å². The number of carbonyl (C=O) groups is 3. The summed E-state index contributed by atoms with van der Waals surface area (Å²) < 4.78 is 5.35. The van der Waals surface area contributed by atoms with Crippen LogP contribution in [0, 0.1) is 23.7 Å². The first-order valence-corrected chi connectivity index (χ1v) is 9.55. The molecule has 2 aliphatic carbocycles. The molecule has 0 radical (unpaired) electrons. The molecule has 5 rings (SSSR count). The summed E-state index contributed by atoms with van der Waals surface area (Å²) in [6.45, 7) is 0. The number of allylic oxidation sites excluding steroid dienone is 2. The second kappa shape index (κ2) is 6.31. The van der Waals surface area contributed by atoms with Gasteiger partial charge < -0.3 is 4.74 Å². The van der Waals surface area contributed by atoms with E-state index in [1.54, 1.807) is 42.5 Å². The van der Waals surface area contributed by atoms with Crippen LogP contribution in [0.25, 0.3) is 0 Å². The molecule has 0 spiro atoms. The molecule has 0 unspecified atom stereocenters. The Kier molecular flexibility index (Phi) is 3.88. The van der Waals surface area contributed by atoms with Crippen molar-refractivity contribution in [2.24, 2.45) is 23.7 Å². The number of imide groups is 1. The quantitative estimate of drug-likeness (QED) is 0.343. The van der Waals surface area contributed by atoms with E-state index in [0.29, 0.717) is 10.7 Å². The molecule has 2 amide bonds. The van der Waals surface area contributed by atoms with E-state index in [1.807, 2.05) is 0 Å². The zero-order chi connectivity index (χ0) is 19.4. The van der Waals surface area contributed by atoms with E-state index in [4.69, 9.17) is 16.3 Å². The van der Waals surface area contributed by atoms with Gasteiger partial charge in [0.05, 0.1) is 28.1 Å². The highest BCUT2D eigenvalue weighted by molar-refractivity contribution is 6.32. The molecule has 140 valence electrons. The van der Waals surface area contributed by atoms with Gasteiger partial charge in [-0.05, 0) is 48.6 Å². The Morgan fingerprint density at radius 3 is 2.32 bits per heavy atom. The highest BCUT2D eigenvalue weighted by Gasteiger charge is 2.59. The number of ether oxygens (including phenoxy) is 1. The number of hydrogen-bond donors (Lipinski definition) is 0. The van der Waals surface area contributed by atoms with E-state index < -0.39 is 5.97 Å². The van der Waals surface area contributed by atoms with Gasteiger partial charge in [-0.1, -0.05) is 42.0 Å². The molecular weight excluding hydrogens is 378 g/mol. The Balaban J connectivity index is 1.42. The van der Waals surface area contributed by atoms with Crippen LogP contribution < -0.4 is 9.64 Å². The fraction of sp³-hybridized carbons (Fsp3) is 0.227. The van der Waals surface area contributed by atoms with Crippen molar-refractivity contribution in [3.8, 4) is 5.75 Å². The van der Waals surface area contributed by atoms with Gasteiger partial charge in [-0.3, -0.25) is 9.59 Å². The summed E-state index contributed by atoms with van der Waals surface area (Å²) in [5, 5.41) is 0.327. The Morgan fingerprint density at radius 1 is 0.964 bits per heavy atom. The lowest BCUT2D eigenvalue weighted by Crippen LogP contribution is -2.33. The standard InChI is InChI=1S/C22H16ClNO4/c23-16-6-1-2-7-17(16)28-22(27)14-4-3-5-15(11-14)24-20(25)18-12-8-9-13(10-12)19(18)21(24)26/h1-9,11-13,18-19H,10H2/t12-,13-,18-,19+/m1/s1. The molecule has 28 heavy (non-hydrogen) atoms. The fourth-order valence-corrected chi connectivity index (χ4v) is 4.79. The third-order valence-electron chi connectivity index (χ3n) is 5.85. The van der Waals surface area contributed by atoms with Crippen LogP contribution in [0.1, 0.15) is 16.8 Å². The summed E-state index contributed by atoms with van der Waals surface area (Å²) in [6.07, 6.45) is 4.99. The SMILES string of the molecule is O=C(Oc1ccccc1Cl)c1cccc(N2C(=O)[C@@H]3[C@H](C2=O)[C@@H]2C=C[C@@H]3C2)c1. The number of halogens is 1. The van der Waals surface area contributed by atoms with Crippen molar-refractivity contribution in [2.45, 2.75) is 6.42 Å². The molecule has 2 bridgehead atoms. The Hall–Kier alpha value is -2.92. The predicted octanol–water partition coefficient (Wildman–Crippen LogP) is 3.87. The Morgan fingerprint density at radius 2 is 1.64 bits per heavy atom. The summed E-state index contributed by atoms with van der Waals surface area (Å²) in [5.41, 5.74) is 0.647. The maximum absolute atomic E-state index is 12.9. The molecule has 5 nitrogen and oxygen atoms in total. The molecule has 1 aliphatic heterocycles. The minimum absolute atomic E-state index is 0.143. The number of esters is 1. The van der Waals surface area contributed by atoms with Crippen molar-refractivity contribution < 1.29 is 19.1 Å². The second-order valence-corrected chi connectivity index (χ2v) is 7.79. The minimum atomic E-state index is -0.601. The third-order valence-corrected chi connectivity index (χ3v) is 6.16. The first-order chi connectivity index (χ1) is 13.5. The molecule has 2 fully saturated rings. The van der Waals surface area contributed by atoms with Crippen LogP contribution in [0.3, 0.4) is 0 Å². The summed E-state index contributed by atoms with van der Waals surface area (Å²) in [6, 6.07) is 13.1. The van der Waals surface area contributed by atoms with E-state index in [1.165, 1.54) is 11.0 Å². The minimum Gasteiger partial charge on any atom is -0.421 e. The molecule has 2 aromatic carbocycles. The van der Waals surface area contributed by atoms with Crippen LogP contribution in [0.4, 0.5) is 5.69 Å². The summed E-state index contributed by atoms with van der Waals surface area (Å²) in [5.74, 6) is -0.967. The molecule has 6 heteroatoms. The summed E-state index contributed by atoms with van der Waals surface area (Å²) in [4.78, 5) is 39.6. The van der Waals surface area contributed by atoms with Gasteiger partial charge in [-0.2, -0.15) is 0 Å². The first-order valence-electron chi connectivity index (χ1n) is 9.17. The molecule has 1 heterocycles. The number of para-hydroxylation sites is 1. The monoisotopic (exact) mass is 393 g/mol. The van der Waals surface area contributed by atoms with Gasteiger partial charge in [0.15, 0.2) is 0 Å². The van der Waals surface area contributed by atoms with Gasteiger partial charge in [0.1, 0.15) is 5.75 Å². The van der Waals surface area contributed by atoms with Gasteiger partial charge in [-0.25, -0.2) is 9.69 Å². The maximum atomic E-state index is 12.9. The van der Waals surface area contributed by atoms with Crippen molar-refractivity contribution in [1.29, 1.82) is 0 Å². The lowest BCUT2D eigenvalue weighted by atomic mass is 9.85. The zero-order valence-electron chi connectivity index (χ0n) is 14.7. The first kappa shape index (κ1) is 17.2. The van der Waals surface area contributed by atoms with Gasteiger partial charge >= 0.3 is 5.97 Å². The van der Waals surface area contributed by atoms with Crippen LogP contribution in [-0.4, -0.2) is 17.8 Å². The number of fused-ring (bicyclic) bond motifs is 5. The number of nitrogens with zero attached hydrogens (tertiary/aromatic N) is 1. The van der Waals surface area contributed by atoms with Crippen molar-refractivity contribution in [2.75, 3.05) is 4.90 Å². The fourth-order valence-electron chi connectivity index (χ4n) is 4.62. The van der Waals surface area contributed by atoms with Crippen molar-refractivity contribution in [3.05, 3.63) is 71.3 Å². The molecule has 2 aromatic rings. The lowest BCUT2D eigenvalue weighted by molar-refractivity contribution is -0.123. The molecular formula is C22H16ClNO4. The number of rotatable bonds is 3. The third kappa shape index (κ3) is 2.50. The summed E-state index contributed by atoms with van der Waals surface area (Å²) >= 11 is 6.04. The maximum Gasteiger partial charge on any atom is 0.343 e. The largest absolute Gasteiger partial charge is 0.421 e. The van der Waals surface area contributed by atoms with Crippen molar-refractivity contribution >= 4 is 35.1 Å². The highest BCUT2D eigenvalue weighted by Crippen LogP contribution is 2.53. The highest BCUT2D eigenvalue weighted by atomic mass is 35.5. The van der Waals surface area contributed by atoms with E-state index in [0.717, 1.165) is 6.42 Å². The molecule has 1 saturated carbocycles. The van der Waals surface area contributed by atoms with Gasteiger partial charge in [-0.15, -0.1) is 0 Å². The Bertz CT molecular complexity index is 1020. The molecule has 0 aromatic heterocycles. The molecule has 4 atom stereocenters. The smallest absolute Gasteiger partial charge is 0.343 e. The average molecular weight is 394 g/mol. The predicted molar refractivity (Wildman–Crippen MR) is 103 cm³/mol. The second-order valence-electron chi connectivity index (χ2n) is 7.38. The number of hydrogen-bond acceptors (Lipinski definition) is 4. The number of amides is 2. The van der Waals surface area contributed by atoms with E-state index in [2.05, 4.69) is 12.2 Å².